The molecule has 0 bridgehead atoms. The molecule has 1 saturated carbocycles. The van der Waals surface area contributed by atoms with Gasteiger partial charge in [0.1, 0.15) is 29.5 Å². The predicted octanol–water partition coefficient (Wildman–Crippen LogP) is 3.28. The molecule has 2 fully saturated rings. The normalized spacial score (nSPS) is 25.7. The smallest absolute Gasteiger partial charge is 0.405 e. The van der Waals surface area contributed by atoms with Crippen LogP contribution in [0.15, 0.2) is 22.9 Å². The second-order valence-corrected chi connectivity index (χ2v) is 9.18. The molecule has 13 heteroatoms. The number of alkyl halides is 3. The van der Waals surface area contributed by atoms with Crippen LogP contribution in [0.5, 0.6) is 0 Å². The van der Waals surface area contributed by atoms with Gasteiger partial charge in [0, 0.05) is 24.8 Å². The summed E-state index contributed by atoms with van der Waals surface area (Å²) in [6.45, 7) is 3.85. The number of hydrogen-bond donors (Lipinski definition) is 3. The Morgan fingerprint density at radius 2 is 1.94 bits per heavy atom. The molecule has 0 radical (unpaired) electrons. The van der Waals surface area contributed by atoms with Crippen LogP contribution in [0.1, 0.15) is 26.0 Å². The van der Waals surface area contributed by atoms with Crippen LogP contribution in [0.3, 0.4) is 0 Å². The molecule has 3 aromatic rings. The fraction of sp³-hybridized carbons (Fsp3) is 0.545. The minimum absolute atomic E-state index is 0.0923. The number of aromatic nitrogens is 4. The Bertz CT molecular complexity index is 1200. The number of oxazole rings is 1. The van der Waals surface area contributed by atoms with Crippen LogP contribution in [-0.2, 0) is 9.47 Å². The van der Waals surface area contributed by atoms with Crippen molar-refractivity contribution in [3.8, 4) is 11.5 Å². The van der Waals surface area contributed by atoms with E-state index in [0.717, 1.165) is 0 Å². The summed E-state index contributed by atoms with van der Waals surface area (Å²) in [5, 5.41) is 15.4. The number of ether oxygens (including phenoxy) is 2. The molecule has 35 heavy (non-hydrogen) atoms. The Morgan fingerprint density at radius 1 is 1.17 bits per heavy atom. The number of nitrogens with zero attached hydrogens (tertiary/aromatic N) is 4. The summed E-state index contributed by atoms with van der Waals surface area (Å²) in [6, 6.07) is 1.32. The van der Waals surface area contributed by atoms with E-state index in [2.05, 4.69) is 30.6 Å². The first-order valence-corrected chi connectivity index (χ1v) is 11.2. The molecule has 3 aromatic heterocycles. The fourth-order valence-electron chi connectivity index (χ4n) is 4.66. The van der Waals surface area contributed by atoms with Gasteiger partial charge in [-0.2, -0.15) is 18.2 Å². The van der Waals surface area contributed by atoms with Gasteiger partial charge >= 0.3 is 6.18 Å². The number of aliphatic hydroxyl groups excluding tert-OH is 1. The van der Waals surface area contributed by atoms with Crippen molar-refractivity contribution in [2.45, 2.75) is 57.4 Å². The van der Waals surface area contributed by atoms with Crippen molar-refractivity contribution in [2.75, 3.05) is 23.8 Å². The largest absolute Gasteiger partial charge is 0.436 e. The molecule has 0 aromatic carbocycles. The highest BCUT2D eigenvalue weighted by Gasteiger charge is 2.54. The van der Waals surface area contributed by atoms with Crippen LogP contribution in [-0.4, -0.2) is 68.4 Å². The predicted molar refractivity (Wildman–Crippen MR) is 119 cm³/mol. The maximum atomic E-state index is 12.8. The first-order valence-electron chi connectivity index (χ1n) is 11.2. The average Bonchev–Trinajstić information content (AvgIpc) is 3.42. The third-order valence-corrected chi connectivity index (χ3v) is 6.08. The lowest BCUT2D eigenvalue weighted by Gasteiger charge is -2.24. The number of pyridine rings is 1. The molecule has 5 rings (SSSR count). The van der Waals surface area contributed by atoms with Gasteiger partial charge in [0.05, 0.1) is 24.0 Å². The molecule has 1 aliphatic heterocycles. The maximum Gasteiger partial charge on any atom is 0.405 e. The van der Waals surface area contributed by atoms with Crippen LogP contribution >= 0.6 is 0 Å². The molecule has 4 heterocycles. The fourth-order valence-corrected chi connectivity index (χ4v) is 4.66. The molecule has 4 unspecified atom stereocenters. The topological polar surface area (TPSA) is 127 Å². The first-order chi connectivity index (χ1) is 16.5. The minimum atomic E-state index is -4.44. The van der Waals surface area contributed by atoms with Gasteiger partial charge in [-0.05, 0) is 27.2 Å². The summed E-state index contributed by atoms with van der Waals surface area (Å²) < 4.78 is 56.4. The summed E-state index contributed by atoms with van der Waals surface area (Å²) in [6.07, 6.45) is -1.56. The van der Waals surface area contributed by atoms with E-state index >= 15 is 0 Å². The lowest BCUT2D eigenvalue weighted by atomic mass is 10.1. The van der Waals surface area contributed by atoms with Crippen molar-refractivity contribution in [1.82, 2.24) is 19.9 Å². The summed E-state index contributed by atoms with van der Waals surface area (Å²) in [4.78, 5) is 17.1. The lowest BCUT2D eigenvalue weighted by Crippen LogP contribution is -2.35. The summed E-state index contributed by atoms with van der Waals surface area (Å²) >= 11 is 0. The van der Waals surface area contributed by atoms with Crippen molar-refractivity contribution in [1.29, 1.82) is 0 Å². The Balaban J connectivity index is 1.53. The zero-order valence-corrected chi connectivity index (χ0v) is 19.3. The number of fused-ring (bicyclic) bond motifs is 2. The standard InChI is InChI=1S/C22H25F3N6O4/c1-10-15(19-30-13-7-26-5-4-14(13)33-19)18(31-20(28-10)27-9-22(23,24)25)29-12-6-11(8-32)16-17(12)35-21(2,3)34-16/h4-5,7,11-12,16-17,32H,6,8-9H2,1-3H3,(H2,27,28,29,31). The number of aryl methyl sites for hydroxylation is 1. The van der Waals surface area contributed by atoms with E-state index in [1.54, 1.807) is 39.2 Å². The first kappa shape index (κ1) is 23.7. The minimum Gasteiger partial charge on any atom is -0.436 e. The second kappa shape index (κ2) is 8.57. The number of anilines is 2. The average molecular weight is 494 g/mol. The maximum absolute atomic E-state index is 12.8. The van der Waals surface area contributed by atoms with E-state index < -0.39 is 24.6 Å². The number of hydrogen-bond acceptors (Lipinski definition) is 10. The summed E-state index contributed by atoms with van der Waals surface area (Å²) in [5.41, 5.74) is 1.78. The summed E-state index contributed by atoms with van der Waals surface area (Å²) in [7, 11) is 0. The number of halogens is 3. The van der Waals surface area contributed by atoms with Crippen molar-refractivity contribution in [2.24, 2.45) is 5.92 Å². The Kier molecular flexibility index (Phi) is 5.80. The van der Waals surface area contributed by atoms with Crippen molar-refractivity contribution >= 4 is 22.9 Å². The third kappa shape index (κ3) is 4.75. The van der Waals surface area contributed by atoms with Crippen molar-refractivity contribution in [3.63, 3.8) is 0 Å². The van der Waals surface area contributed by atoms with Gasteiger partial charge in [0.15, 0.2) is 11.4 Å². The van der Waals surface area contributed by atoms with E-state index in [-0.39, 0.29) is 42.3 Å². The van der Waals surface area contributed by atoms with Gasteiger partial charge in [0.25, 0.3) is 0 Å². The highest BCUT2D eigenvalue weighted by Crippen LogP contribution is 2.43. The number of rotatable bonds is 6. The van der Waals surface area contributed by atoms with Crippen LogP contribution in [0, 0.1) is 12.8 Å². The zero-order chi connectivity index (χ0) is 25.0. The molecule has 3 N–H and O–H groups in total. The zero-order valence-electron chi connectivity index (χ0n) is 19.3. The van der Waals surface area contributed by atoms with E-state index in [4.69, 9.17) is 13.9 Å². The Hall–Kier alpha value is -3.03. The van der Waals surface area contributed by atoms with Gasteiger partial charge in [-0.25, -0.2) is 9.97 Å². The molecular weight excluding hydrogens is 469 g/mol. The monoisotopic (exact) mass is 494 g/mol. The van der Waals surface area contributed by atoms with Crippen molar-refractivity contribution < 1.29 is 32.2 Å². The Morgan fingerprint density at radius 3 is 2.66 bits per heavy atom. The molecule has 1 saturated heterocycles. The molecule has 10 nitrogen and oxygen atoms in total. The van der Waals surface area contributed by atoms with Crippen LogP contribution in [0.2, 0.25) is 0 Å². The molecule has 1 aliphatic carbocycles. The van der Waals surface area contributed by atoms with Gasteiger partial charge < -0.3 is 29.6 Å². The molecule has 4 atom stereocenters. The van der Waals surface area contributed by atoms with Gasteiger partial charge in [0.2, 0.25) is 11.8 Å². The Labute approximate surface area is 198 Å². The van der Waals surface area contributed by atoms with Crippen LogP contribution in [0.25, 0.3) is 22.6 Å². The van der Waals surface area contributed by atoms with E-state index in [1.165, 1.54) is 0 Å². The van der Waals surface area contributed by atoms with E-state index in [0.29, 0.717) is 28.8 Å². The number of nitrogens with one attached hydrogen (secondary N) is 2. The van der Waals surface area contributed by atoms with Crippen molar-refractivity contribution in [3.05, 3.63) is 24.2 Å². The highest BCUT2D eigenvalue weighted by molar-refractivity contribution is 5.80. The number of aliphatic hydroxyl groups is 1. The molecular formula is C22H25F3N6O4. The van der Waals surface area contributed by atoms with Crippen LogP contribution < -0.4 is 10.6 Å². The highest BCUT2D eigenvalue weighted by atomic mass is 19.4. The van der Waals surface area contributed by atoms with E-state index in [1.807, 2.05) is 0 Å². The molecule has 2 aliphatic rings. The lowest BCUT2D eigenvalue weighted by molar-refractivity contribution is -0.158. The van der Waals surface area contributed by atoms with Crippen LogP contribution in [0.4, 0.5) is 24.9 Å². The van der Waals surface area contributed by atoms with Gasteiger partial charge in [-0.15, -0.1) is 0 Å². The summed E-state index contributed by atoms with van der Waals surface area (Å²) in [5.74, 6) is -0.768. The molecule has 0 amide bonds. The van der Waals surface area contributed by atoms with E-state index in [9.17, 15) is 18.3 Å². The SMILES string of the molecule is Cc1nc(NCC(F)(F)F)nc(NC2CC(CO)C3OC(C)(C)OC23)c1-c1nc2cnccc2o1. The quantitative estimate of drug-likeness (QED) is 0.470. The molecule has 188 valence electrons. The van der Waals surface area contributed by atoms with Gasteiger partial charge in [-0.1, -0.05) is 0 Å². The third-order valence-electron chi connectivity index (χ3n) is 6.08. The second-order valence-electron chi connectivity index (χ2n) is 9.18. The molecule has 0 spiro atoms. The van der Waals surface area contributed by atoms with Gasteiger partial charge in [-0.3, -0.25) is 4.98 Å².